The van der Waals surface area contributed by atoms with Crippen LogP contribution in [0.25, 0.3) is 11.1 Å². The van der Waals surface area contributed by atoms with E-state index in [0.29, 0.717) is 24.0 Å². The number of hydrogen-bond donors (Lipinski definition) is 3. The Labute approximate surface area is 206 Å². The second-order valence-electron chi connectivity index (χ2n) is 9.76. The van der Waals surface area contributed by atoms with Gasteiger partial charge < -0.3 is 11.1 Å². The van der Waals surface area contributed by atoms with E-state index in [0.717, 1.165) is 5.56 Å². The average molecular weight is 505 g/mol. The molecule has 0 aliphatic heterocycles. The first-order valence-electron chi connectivity index (χ1n) is 11.4. The maximum atomic E-state index is 14.4. The Morgan fingerprint density at radius 3 is 1.97 bits per heavy atom. The molecule has 4 N–H and O–H groups in total. The maximum absolute atomic E-state index is 14.4. The van der Waals surface area contributed by atoms with Crippen molar-refractivity contribution in [3.8, 4) is 17.2 Å². The fourth-order valence-electron chi connectivity index (χ4n) is 3.89. The van der Waals surface area contributed by atoms with Crippen LogP contribution in [0.1, 0.15) is 50.3 Å². The van der Waals surface area contributed by atoms with E-state index in [1.807, 2.05) is 6.07 Å². The Bertz CT molecular complexity index is 1130. The molecule has 192 valence electrons. The summed E-state index contributed by atoms with van der Waals surface area (Å²) in [7, 11) is 0. The molecule has 10 heteroatoms. The van der Waals surface area contributed by atoms with Crippen molar-refractivity contribution < 1.29 is 27.2 Å². The summed E-state index contributed by atoms with van der Waals surface area (Å²) in [5.74, 6) is -1.32. The molecule has 0 spiro atoms. The number of carbonyl (C=O) groups is 2. The highest BCUT2D eigenvalue weighted by Crippen LogP contribution is 2.37. The van der Waals surface area contributed by atoms with Crippen LogP contribution in [0.15, 0.2) is 48.5 Å². The van der Waals surface area contributed by atoms with E-state index >= 15 is 0 Å². The third-order valence-corrected chi connectivity index (χ3v) is 5.94. The summed E-state index contributed by atoms with van der Waals surface area (Å²) in [6.07, 6.45) is -4.41. The molecule has 0 aromatic heterocycles. The molecular formula is C26H28F4N4O2. The quantitative estimate of drug-likeness (QED) is 0.421. The van der Waals surface area contributed by atoms with Crippen LogP contribution in [0.5, 0.6) is 0 Å². The number of carbonyl (C=O) groups excluding carboxylic acids is 2. The number of benzene rings is 2. The van der Waals surface area contributed by atoms with E-state index in [4.69, 9.17) is 5.73 Å². The Balaban J connectivity index is 1.83. The molecule has 0 saturated heterocycles. The minimum absolute atomic E-state index is 0.0814. The molecule has 0 radical (unpaired) electrons. The lowest BCUT2D eigenvalue weighted by Gasteiger charge is -2.30. The second-order valence-corrected chi connectivity index (χ2v) is 9.76. The van der Waals surface area contributed by atoms with Gasteiger partial charge in [0.05, 0.1) is 18.5 Å². The van der Waals surface area contributed by atoms with E-state index in [1.54, 1.807) is 24.3 Å². The number of halogens is 4. The van der Waals surface area contributed by atoms with Gasteiger partial charge in [0.15, 0.2) is 0 Å². The first-order chi connectivity index (χ1) is 16.7. The fourth-order valence-corrected chi connectivity index (χ4v) is 3.89. The molecule has 1 saturated carbocycles. The largest absolute Gasteiger partial charge is 0.407 e. The molecule has 2 amide bonds. The second kappa shape index (κ2) is 10.3. The predicted octanol–water partition coefficient (Wildman–Crippen LogP) is 4.25. The summed E-state index contributed by atoms with van der Waals surface area (Å²) in [6, 6.07) is 10.7. The SMILES string of the molecule is CC(C)(F)C[C@H](N[C@@H](c1ccc(-c2ccc(CC(N)=O)cc2)cc1)C(F)(F)F)C(=O)NC1(C#N)CC1. The van der Waals surface area contributed by atoms with Crippen molar-refractivity contribution in [1.82, 2.24) is 10.6 Å². The van der Waals surface area contributed by atoms with Crippen molar-refractivity contribution in [2.45, 2.75) is 69.0 Å². The fraction of sp³-hybridized carbons (Fsp3) is 0.423. The Kier molecular flexibility index (Phi) is 7.74. The number of nitriles is 1. The smallest absolute Gasteiger partial charge is 0.369 e. The average Bonchev–Trinajstić information content (AvgIpc) is 3.55. The van der Waals surface area contributed by atoms with Gasteiger partial charge >= 0.3 is 6.18 Å². The molecule has 2 aromatic carbocycles. The predicted molar refractivity (Wildman–Crippen MR) is 126 cm³/mol. The molecule has 1 aliphatic carbocycles. The van der Waals surface area contributed by atoms with Gasteiger partial charge in [-0.25, -0.2) is 4.39 Å². The maximum Gasteiger partial charge on any atom is 0.407 e. The molecule has 0 heterocycles. The number of rotatable bonds is 10. The van der Waals surface area contributed by atoms with Crippen molar-refractivity contribution in [3.05, 3.63) is 59.7 Å². The Morgan fingerprint density at radius 2 is 1.56 bits per heavy atom. The van der Waals surface area contributed by atoms with Crippen LogP contribution >= 0.6 is 0 Å². The minimum Gasteiger partial charge on any atom is -0.369 e. The highest BCUT2D eigenvalue weighted by Gasteiger charge is 2.48. The standard InChI is InChI=1S/C26H28F4N4O2/c1-24(2,27)14-20(23(36)34-25(15-31)11-12-25)33-22(26(28,29)30)19-9-7-18(8-10-19)17-5-3-16(4-6-17)13-21(32)35/h3-10,20,22,33H,11-14H2,1-2H3,(H2,32,35)(H,34,36)/t20-,22-/m0/s1. The highest BCUT2D eigenvalue weighted by molar-refractivity contribution is 5.83. The van der Waals surface area contributed by atoms with Crippen LogP contribution < -0.4 is 16.4 Å². The van der Waals surface area contributed by atoms with Gasteiger partial charge in [-0.05, 0) is 48.9 Å². The molecule has 1 aliphatic rings. The number of alkyl halides is 4. The van der Waals surface area contributed by atoms with E-state index in [1.165, 1.54) is 38.1 Å². The van der Waals surface area contributed by atoms with Crippen LogP contribution in [-0.4, -0.2) is 35.2 Å². The Hall–Kier alpha value is -3.45. The summed E-state index contributed by atoms with van der Waals surface area (Å²) in [5, 5.41) is 14.0. The molecule has 2 aromatic rings. The zero-order valence-corrected chi connectivity index (χ0v) is 20.0. The normalized spacial score (nSPS) is 16.5. The lowest BCUT2D eigenvalue weighted by Crippen LogP contribution is -2.53. The molecule has 36 heavy (non-hydrogen) atoms. The lowest BCUT2D eigenvalue weighted by atomic mass is 9.96. The van der Waals surface area contributed by atoms with Gasteiger partial charge in [-0.1, -0.05) is 48.5 Å². The molecule has 3 rings (SSSR count). The number of primary amides is 1. The van der Waals surface area contributed by atoms with Crippen LogP contribution in [0.4, 0.5) is 17.6 Å². The monoisotopic (exact) mass is 504 g/mol. The van der Waals surface area contributed by atoms with Gasteiger partial charge in [-0.3, -0.25) is 14.9 Å². The van der Waals surface area contributed by atoms with Crippen LogP contribution in [-0.2, 0) is 16.0 Å². The third kappa shape index (κ3) is 7.28. The van der Waals surface area contributed by atoms with Gasteiger partial charge in [-0.15, -0.1) is 0 Å². The molecule has 1 fully saturated rings. The van der Waals surface area contributed by atoms with E-state index in [9.17, 15) is 32.4 Å². The van der Waals surface area contributed by atoms with Crippen molar-refractivity contribution >= 4 is 11.8 Å². The summed E-state index contributed by atoms with van der Waals surface area (Å²) >= 11 is 0. The molecule has 2 atom stereocenters. The number of nitrogens with two attached hydrogens (primary N) is 1. The summed E-state index contributed by atoms with van der Waals surface area (Å²) in [6.45, 7) is 2.36. The summed E-state index contributed by atoms with van der Waals surface area (Å²) in [5.41, 5.74) is 4.10. The number of amides is 2. The molecule has 0 bridgehead atoms. The number of hydrogen-bond acceptors (Lipinski definition) is 4. The minimum atomic E-state index is -4.77. The van der Waals surface area contributed by atoms with Crippen molar-refractivity contribution in [2.75, 3.05) is 0 Å². The van der Waals surface area contributed by atoms with Gasteiger partial charge in [0.1, 0.15) is 17.2 Å². The van der Waals surface area contributed by atoms with Crippen LogP contribution in [0.3, 0.4) is 0 Å². The topological polar surface area (TPSA) is 108 Å². The first-order valence-corrected chi connectivity index (χ1v) is 11.4. The molecular weight excluding hydrogens is 476 g/mol. The molecule has 0 unspecified atom stereocenters. The summed E-state index contributed by atoms with van der Waals surface area (Å²) < 4.78 is 56.6. The first kappa shape index (κ1) is 27.1. The van der Waals surface area contributed by atoms with Crippen molar-refractivity contribution in [2.24, 2.45) is 5.73 Å². The van der Waals surface area contributed by atoms with E-state index in [-0.39, 0.29) is 12.0 Å². The van der Waals surface area contributed by atoms with Crippen molar-refractivity contribution in [1.29, 1.82) is 5.26 Å². The number of nitrogens with one attached hydrogen (secondary N) is 2. The third-order valence-electron chi connectivity index (χ3n) is 5.94. The highest BCUT2D eigenvalue weighted by atomic mass is 19.4. The molecule has 6 nitrogen and oxygen atoms in total. The van der Waals surface area contributed by atoms with E-state index in [2.05, 4.69) is 10.6 Å². The van der Waals surface area contributed by atoms with Crippen LogP contribution in [0, 0.1) is 11.3 Å². The van der Waals surface area contributed by atoms with E-state index < -0.39 is 47.7 Å². The number of nitrogens with zero attached hydrogens (tertiary/aromatic N) is 1. The zero-order valence-electron chi connectivity index (χ0n) is 20.0. The van der Waals surface area contributed by atoms with Crippen molar-refractivity contribution in [3.63, 3.8) is 0 Å². The van der Waals surface area contributed by atoms with Gasteiger partial charge in [-0.2, -0.15) is 18.4 Å². The van der Waals surface area contributed by atoms with Gasteiger partial charge in [0.2, 0.25) is 11.8 Å². The van der Waals surface area contributed by atoms with Crippen LogP contribution in [0.2, 0.25) is 0 Å². The lowest BCUT2D eigenvalue weighted by molar-refractivity contribution is -0.161. The van der Waals surface area contributed by atoms with Gasteiger partial charge in [0.25, 0.3) is 0 Å². The summed E-state index contributed by atoms with van der Waals surface area (Å²) in [4.78, 5) is 23.8. The Morgan fingerprint density at radius 1 is 1.03 bits per heavy atom. The zero-order chi connectivity index (χ0) is 26.7. The van der Waals surface area contributed by atoms with Gasteiger partial charge in [0, 0.05) is 6.42 Å².